The molecule has 3 aliphatic heterocycles. The number of allylic oxidation sites excluding steroid dienone is 1. The van der Waals surface area contributed by atoms with Crippen molar-refractivity contribution in [3.05, 3.63) is 11.3 Å². The first-order valence-electron chi connectivity index (χ1n) is 8.64. The van der Waals surface area contributed by atoms with Crippen LogP contribution in [0.4, 0.5) is 0 Å². The van der Waals surface area contributed by atoms with E-state index in [-0.39, 0.29) is 17.1 Å². The SMILES string of the molecule is CC1=C(C(=O)C(C)(C)C)N2C(=O)[C@H](Cl)[C@@H]2S(=O)(=O)C1SC1NC(=O)C(=O)NN1C. The van der Waals surface area contributed by atoms with Crippen molar-refractivity contribution in [2.45, 2.75) is 48.5 Å². The lowest BCUT2D eigenvalue weighted by Gasteiger charge is -2.50. The molecule has 0 spiro atoms. The summed E-state index contributed by atoms with van der Waals surface area (Å²) in [5, 5.41) is 1.02. The highest BCUT2D eigenvalue weighted by molar-refractivity contribution is 8.14. The van der Waals surface area contributed by atoms with Crippen LogP contribution in [0.3, 0.4) is 0 Å². The van der Waals surface area contributed by atoms with Gasteiger partial charge in [-0.1, -0.05) is 32.5 Å². The van der Waals surface area contributed by atoms with Gasteiger partial charge in [0.15, 0.2) is 21.0 Å². The van der Waals surface area contributed by atoms with Gasteiger partial charge in [-0.15, -0.1) is 11.6 Å². The minimum atomic E-state index is -4.03. The van der Waals surface area contributed by atoms with Gasteiger partial charge in [-0.05, 0) is 12.5 Å². The third-order valence-electron chi connectivity index (χ3n) is 4.82. The maximum absolute atomic E-state index is 13.2. The molecule has 29 heavy (non-hydrogen) atoms. The molecule has 3 heterocycles. The number of rotatable bonds is 3. The zero-order valence-electron chi connectivity index (χ0n) is 16.3. The monoisotopic (exact) mass is 464 g/mol. The van der Waals surface area contributed by atoms with Crippen LogP contribution in [0.1, 0.15) is 27.7 Å². The number of carbonyl (C=O) groups is 4. The third kappa shape index (κ3) is 3.35. The van der Waals surface area contributed by atoms with Gasteiger partial charge in [-0.25, -0.2) is 8.42 Å². The number of β-lactam (4-membered cyclic amide) rings is 1. The number of thioether (sulfide) groups is 1. The quantitative estimate of drug-likeness (QED) is 0.325. The van der Waals surface area contributed by atoms with Gasteiger partial charge in [0, 0.05) is 12.5 Å². The molecular weight excluding hydrogens is 444 g/mol. The summed E-state index contributed by atoms with van der Waals surface area (Å²) in [6, 6.07) is 0. The van der Waals surface area contributed by atoms with Crippen molar-refractivity contribution in [2.75, 3.05) is 7.05 Å². The van der Waals surface area contributed by atoms with Crippen LogP contribution in [0.25, 0.3) is 0 Å². The number of hydrogen-bond acceptors (Lipinski definition) is 8. The molecular formula is C16H21ClN4O6S2. The van der Waals surface area contributed by atoms with Crippen molar-refractivity contribution in [3.63, 3.8) is 0 Å². The van der Waals surface area contributed by atoms with Gasteiger partial charge in [0.2, 0.25) is 5.91 Å². The van der Waals surface area contributed by atoms with Crippen LogP contribution in [0, 0.1) is 5.41 Å². The third-order valence-corrected chi connectivity index (χ3v) is 9.93. The van der Waals surface area contributed by atoms with Crippen molar-refractivity contribution >= 4 is 56.7 Å². The molecule has 0 aromatic heterocycles. The fourth-order valence-electron chi connectivity index (χ4n) is 3.26. The summed E-state index contributed by atoms with van der Waals surface area (Å²) in [7, 11) is -2.56. The Morgan fingerprint density at radius 2 is 1.76 bits per heavy atom. The number of amides is 3. The minimum absolute atomic E-state index is 0.0190. The van der Waals surface area contributed by atoms with Gasteiger partial charge < -0.3 is 5.32 Å². The molecule has 3 aliphatic rings. The van der Waals surface area contributed by atoms with E-state index in [1.165, 1.54) is 19.0 Å². The van der Waals surface area contributed by atoms with E-state index in [1.807, 2.05) is 0 Å². The van der Waals surface area contributed by atoms with Gasteiger partial charge in [-0.2, -0.15) is 5.01 Å². The molecule has 3 amide bonds. The lowest BCUT2D eigenvalue weighted by atomic mass is 9.86. The number of Topliss-reactive ketones (excluding diaryl/α,β-unsaturated/α-hetero) is 1. The Labute approximate surface area is 177 Å². The van der Waals surface area contributed by atoms with Gasteiger partial charge in [0.05, 0.1) is 5.70 Å². The normalized spacial score (nSPS) is 32.3. The number of sulfone groups is 1. The standard InChI is InChI=1S/C16H21ClN4O6S2/c1-6-8(9(22)16(2,3)4)21-12(25)7(17)13(21)29(26,27)14(6)28-15-18-10(23)11(24)19-20(15)5/h7,13-15H,1-5H3,(H,18,23)(H,19,24)/t7-,13-,14?,15?/m0/s1. The highest BCUT2D eigenvalue weighted by Crippen LogP contribution is 2.47. The zero-order chi connectivity index (χ0) is 22.0. The maximum Gasteiger partial charge on any atom is 0.323 e. The van der Waals surface area contributed by atoms with E-state index in [9.17, 15) is 27.6 Å². The number of carbonyl (C=O) groups excluding carboxylic acids is 4. The topological polar surface area (TPSA) is 133 Å². The Morgan fingerprint density at radius 3 is 2.31 bits per heavy atom. The van der Waals surface area contributed by atoms with Gasteiger partial charge in [0.1, 0.15) is 15.5 Å². The van der Waals surface area contributed by atoms with E-state index < -0.39 is 53.8 Å². The fraction of sp³-hybridized carbons (Fsp3) is 0.625. The second-order valence-electron chi connectivity index (χ2n) is 8.05. The molecule has 160 valence electrons. The number of alkyl halides is 1. The van der Waals surface area contributed by atoms with Crippen LogP contribution in [-0.2, 0) is 29.0 Å². The fourth-order valence-corrected chi connectivity index (χ4v) is 7.96. The predicted molar refractivity (Wildman–Crippen MR) is 106 cm³/mol. The number of hydrazine groups is 1. The molecule has 2 unspecified atom stereocenters. The van der Waals surface area contributed by atoms with E-state index in [2.05, 4.69) is 10.7 Å². The number of halogens is 1. The van der Waals surface area contributed by atoms with Crippen LogP contribution in [0.2, 0.25) is 0 Å². The Hall–Kier alpha value is -1.63. The average Bonchev–Trinajstić information content (AvgIpc) is 2.60. The van der Waals surface area contributed by atoms with Crippen molar-refractivity contribution < 1.29 is 27.6 Å². The van der Waals surface area contributed by atoms with Crippen LogP contribution in [0.15, 0.2) is 11.3 Å². The van der Waals surface area contributed by atoms with Gasteiger partial charge in [-0.3, -0.25) is 29.5 Å². The smallest absolute Gasteiger partial charge is 0.322 e. The summed E-state index contributed by atoms with van der Waals surface area (Å²) in [4.78, 5) is 49.5. The van der Waals surface area contributed by atoms with Crippen LogP contribution in [0.5, 0.6) is 0 Å². The molecule has 0 radical (unpaired) electrons. The highest BCUT2D eigenvalue weighted by atomic mass is 35.5. The number of nitrogens with one attached hydrogen (secondary N) is 2. The molecule has 10 nitrogen and oxygen atoms in total. The summed E-state index contributed by atoms with van der Waals surface area (Å²) in [6.07, 6.45) is 0. The second-order valence-corrected chi connectivity index (χ2v) is 12.1. The van der Waals surface area contributed by atoms with Crippen molar-refractivity contribution in [1.82, 2.24) is 20.7 Å². The Kier molecular flexibility index (Phi) is 5.30. The molecule has 0 aromatic rings. The van der Waals surface area contributed by atoms with Crippen molar-refractivity contribution in [2.24, 2.45) is 5.41 Å². The maximum atomic E-state index is 13.2. The second kappa shape index (κ2) is 6.96. The first-order valence-corrected chi connectivity index (χ1v) is 11.6. The molecule has 2 fully saturated rings. The molecule has 13 heteroatoms. The Bertz CT molecular complexity index is 957. The molecule has 2 N–H and O–H groups in total. The molecule has 4 atom stereocenters. The largest absolute Gasteiger partial charge is 0.323 e. The molecule has 0 aliphatic carbocycles. The number of hydrogen-bond donors (Lipinski definition) is 2. The molecule has 3 rings (SSSR count). The summed E-state index contributed by atoms with van der Waals surface area (Å²) in [5.41, 5.74) is 0.746. The molecule has 0 saturated carbocycles. The summed E-state index contributed by atoms with van der Waals surface area (Å²) < 4.78 is 25.2. The summed E-state index contributed by atoms with van der Waals surface area (Å²) >= 11 is 6.85. The predicted octanol–water partition coefficient (Wildman–Crippen LogP) is -0.485. The molecule has 0 aromatic carbocycles. The van der Waals surface area contributed by atoms with E-state index in [1.54, 1.807) is 20.8 Å². The summed E-state index contributed by atoms with van der Waals surface area (Å²) in [5.74, 6) is -2.79. The lowest BCUT2D eigenvalue weighted by molar-refractivity contribution is -0.146. The van der Waals surface area contributed by atoms with Crippen LogP contribution >= 0.6 is 23.4 Å². The number of ketones is 1. The number of fused-ring (bicyclic) bond motifs is 1. The highest BCUT2D eigenvalue weighted by Gasteiger charge is 2.62. The average molecular weight is 465 g/mol. The summed E-state index contributed by atoms with van der Waals surface area (Å²) in [6.45, 7) is 6.48. The van der Waals surface area contributed by atoms with Gasteiger partial charge in [0.25, 0.3) is 0 Å². The van der Waals surface area contributed by atoms with Crippen molar-refractivity contribution in [1.29, 1.82) is 0 Å². The zero-order valence-corrected chi connectivity index (χ0v) is 18.7. The van der Waals surface area contributed by atoms with Crippen LogP contribution < -0.4 is 10.7 Å². The first-order chi connectivity index (χ1) is 13.2. The minimum Gasteiger partial charge on any atom is -0.322 e. The molecule has 0 bridgehead atoms. The first kappa shape index (κ1) is 22.1. The van der Waals surface area contributed by atoms with Gasteiger partial charge >= 0.3 is 11.8 Å². The Morgan fingerprint density at radius 1 is 1.17 bits per heavy atom. The number of nitrogens with zero attached hydrogens (tertiary/aromatic N) is 2. The van der Waals surface area contributed by atoms with Crippen LogP contribution in [-0.4, -0.2) is 69.7 Å². The Balaban J connectivity index is 2.07. The van der Waals surface area contributed by atoms with E-state index in [0.717, 1.165) is 16.7 Å². The van der Waals surface area contributed by atoms with E-state index in [0.29, 0.717) is 0 Å². The van der Waals surface area contributed by atoms with E-state index >= 15 is 0 Å². The van der Waals surface area contributed by atoms with E-state index in [4.69, 9.17) is 11.6 Å². The van der Waals surface area contributed by atoms with Crippen molar-refractivity contribution in [3.8, 4) is 0 Å². The molecule has 2 saturated heterocycles. The lowest BCUT2D eigenvalue weighted by Crippen LogP contribution is -2.70.